The summed E-state index contributed by atoms with van der Waals surface area (Å²) >= 11 is 6.10. The van der Waals surface area contributed by atoms with Crippen molar-refractivity contribution in [2.45, 2.75) is 0 Å². The van der Waals surface area contributed by atoms with Gasteiger partial charge in [0, 0.05) is 36.6 Å². The molecule has 0 spiro atoms. The number of aromatic nitrogens is 3. The Morgan fingerprint density at radius 1 is 1.09 bits per heavy atom. The first kappa shape index (κ1) is 23.1. The monoisotopic (exact) mass is 486 g/mol. The van der Waals surface area contributed by atoms with Crippen molar-refractivity contribution in [1.29, 1.82) is 0 Å². The first-order chi connectivity index (χ1) is 15.9. The topological polar surface area (TPSA) is 100 Å². The number of halogens is 1. The molecule has 1 fully saturated rings. The summed E-state index contributed by atoms with van der Waals surface area (Å²) in [4.78, 5) is 18.5. The Morgan fingerprint density at radius 3 is 2.55 bits per heavy atom. The molecule has 0 saturated carbocycles. The van der Waals surface area contributed by atoms with Crippen LogP contribution in [0, 0.1) is 0 Å². The number of hydrogen-bond acceptors (Lipinski definition) is 6. The summed E-state index contributed by atoms with van der Waals surface area (Å²) in [5, 5.41) is 8.68. The van der Waals surface area contributed by atoms with Crippen molar-refractivity contribution in [2.24, 2.45) is 0 Å². The number of piperazine rings is 1. The molecule has 1 aliphatic heterocycles. The second-order valence-corrected chi connectivity index (χ2v) is 9.74. The highest BCUT2D eigenvalue weighted by molar-refractivity contribution is 7.92. The molecule has 3 aromatic rings. The van der Waals surface area contributed by atoms with E-state index in [1.165, 1.54) is 22.4 Å². The molecule has 0 atom stereocenters. The summed E-state index contributed by atoms with van der Waals surface area (Å²) in [7, 11) is -3.52. The lowest BCUT2D eigenvalue weighted by molar-refractivity contribution is -0.117. The predicted molar refractivity (Wildman–Crippen MR) is 127 cm³/mol. The van der Waals surface area contributed by atoms with Crippen molar-refractivity contribution >= 4 is 39.3 Å². The van der Waals surface area contributed by atoms with Crippen LogP contribution in [-0.2, 0) is 14.8 Å². The van der Waals surface area contributed by atoms with Crippen molar-refractivity contribution in [3.8, 4) is 5.69 Å². The number of anilines is 1. The molecule has 1 amide bonds. The van der Waals surface area contributed by atoms with E-state index in [1.54, 1.807) is 29.0 Å². The second kappa shape index (κ2) is 10.3. The van der Waals surface area contributed by atoms with Crippen LogP contribution in [0.15, 0.2) is 66.6 Å². The molecular weight excluding hydrogens is 464 g/mol. The Kier molecular flexibility index (Phi) is 7.19. The maximum absolute atomic E-state index is 12.7. The number of carbonyl (C=O) groups is 1. The number of nitrogens with zero attached hydrogens (tertiary/aromatic N) is 5. The fraction of sp³-hybridized carbons (Fsp3) is 0.227. The van der Waals surface area contributed by atoms with Gasteiger partial charge in [-0.2, -0.15) is 9.40 Å². The predicted octanol–water partition coefficient (Wildman–Crippen LogP) is 2.48. The van der Waals surface area contributed by atoms with E-state index in [4.69, 9.17) is 11.6 Å². The molecule has 2 heterocycles. The molecule has 0 unspecified atom stereocenters. The van der Waals surface area contributed by atoms with Crippen LogP contribution in [0.1, 0.15) is 5.56 Å². The van der Waals surface area contributed by atoms with Crippen molar-refractivity contribution in [1.82, 2.24) is 24.0 Å². The van der Waals surface area contributed by atoms with Gasteiger partial charge in [-0.3, -0.25) is 9.69 Å². The van der Waals surface area contributed by atoms with Crippen LogP contribution in [0.25, 0.3) is 11.8 Å². The van der Waals surface area contributed by atoms with Crippen molar-refractivity contribution in [2.75, 3.05) is 38.0 Å². The van der Waals surface area contributed by atoms with Crippen molar-refractivity contribution in [3.63, 3.8) is 0 Å². The van der Waals surface area contributed by atoms with Gasteiger partial charge in [0.1, 0.15) is 12.7 Å². The highest BCUT2D eigenvalue weighted by Crippen LogP contribution is 2.24. The summed E-state index contributed by atoms with van der Waals surface area (Å²) < 4.78 is 28.2. The summed E-state index contributed by atoms with van der Waals surface area (Å²) in [5.41, 5.74) is 1.99. The number of nitrogens with one attached hydrogen (secondary N) is 1. The SMILES string of the molecule is O=C(CN1CCN(S(=O)(=O)/C=C/c2ccccc2)CC1)Nc1cc(Cl)ccc1-n1cncn1. The fourth-order valence-corrected chi connectivity index (χ4v) is 4.84. The molecule has 33 heavy (non-hydrogen) atoms. The minimum atomic E-state index is -3.52. The van der Waals surface area contributed by atoms with Gasteiger partial charge < -0.3 is 5.32 Å². The van der Waals surface area contributed by atoms with Gasteiger partial charge in [-0.15, -0.1) is 0 Å². The van der Waals surface area contributed by atoms with Gasteiger partial charge in [0.25, 0.3) is 0 Å². The standard InChI is InChI=1S/C22H23ClN6O3S/c23-19-6-7-21(29-17-24-16-25-29)20(14-19)26-22(30)15-27-9-11-28(12-10-27)33(31,32)13-8-18-4-2-1-3-5-18/h1-8,13-14,16-17H,9-12,15H2,(H,26,30)/b13-8+. The maximum atomic E-state index is 12.7. The summed E-state index contributed by atoms with van der Waals surface area (Å²) in [5.74, 6) is -0.223. The molecule has 0 bridgehead atoms. The molecule has 172 valence electrons. The lowest BCUT2D eigenvalue weighted by Gasteiger charge is -2.32. The van der Waals surface area contributed by atoms with Gasteiger partial charge in [0.15, 0.2) is 0 Å². The number of amides is 1. The lowest BCUT2D eigenvalue weighted by Crippen LogP contribution is -2.49. The van der Waals surface area contributed by atoms with Crippen LogP contribution in [0.5, 0.6) is 0 Å². The fourth-order valence-electron chi connectivity index (χ4n) is 3.49. The number of carbonyl (C=O) groups excluding carboxylic acids is 1. The quantitative estimate of drug-likeness (QED) is 0.550. The zero-order valence-electron chi connectivity index (χ0n) is 17.7. The first-order valence-corrected chi connectivity index (χ1v) is 12.2. The van der Waals surface area contributed by atoms with Crippen molar-refractivity contribution in [3.05, 3.63) is 77.2 Å². The summed E-state index contributed by atoms with van der Waals surface area (Å²) in [6.45, 7) is 1.68. The Morgan fingerprint density at radius 2 is 1.85 bits per heavy atom. The van der Waals surface area contributed by atoms with Gasteiger partial charge in [0.2, 0.25) is 15.9 Å². The third kappa shape index (κ3) is 6.05. The van der Waals surface area contributed by atoms with Gasteiger partial charge in [-0.1, -0.05) is 41.9 Å². The van der Waals surface area contributed by atoms with Gasteiger partial charge in [0.05, 0.1) is 17.9 Å². The van der Waals surface area contributed by atoms with E-state index in [-0.39, 0.29) is 12.5 Å². The molecule has 0 aliphatic carbocycles. The van der Waals surface area contributed by atoms with E-state index >= 15 is 0 Å². The van der Waals surface area contributed by atoms with E-state index in [9.17, 15) is 13.2 Å². The normalized spacial score (nSPS) is 15.7. The maximum Gasteiger partial charge on any atom is 0.238 e. The molecule has 11 heteroatoms. The van der Waals surface area contributed by atoms with Gasteiger partial charge in [-0.25, -0.2) is 18.1 Å². The number of sulfonamides is 1. The van der Waals surface area contributed by atoms with Crippen LogP contribution >= 0.6 is 11.6 Å². The molecule has 4 rings (SSSR count). The van der Waals surface area contributed by atoms with E-state index in [2.05, 4.69) is 15.4 Å². The highest BCUT2D eigenvalue weighted by Gasteiger charge is 2.26. The minimum Gasteiger partial charge on any atom is -0.323 e. The third-order valence-corrected chi connectivity index (χ3v) is 6.99. The van der Waals surface area contributed by atoms with Crippen molar-refractivity contribution < 1.29 is 13.2 Å². The Balaban J connectivity index is 1.33. The van der Waals surface area contributed by atoms with Crippen LogP contribution in [-0.4, -0.2) is 71.0 Å². The molecule has 0 radical (unpaired) electrons. The van der Waals surface area contributed by atoms with Gasteiger partial charge >= 0.3 is 0 Å². The zero-order chi connectivity index (χ0) is 23.3. The molecule has 9 nitrogen and oxygen atoms in total. The molecule has 1 N–H and O–H groups in total. The van der Waals surface area contributed by atoms with Gasteiger partial charge in [-0.05, 0) is 29.8 Å². The zero-order valence-corrected chi connectivity index (χ0v) is 19.3. The average Bonchev–Trinajstić information content (AvgIpc) is 3.34. The van der Waals surface area contributed by atoms with E-state index < -0.39 is 10.0 Å². The molecule has 1 saturated heterocycles. The Bertz CT molecular complexity index is 1220. The van der Waals surface area contributed by atoms with Crippen LogP contribution in [0.4, 0.5) is 5.69 Å². The third-order valence-electron chi connectivity index (χ3n) is 5.19. The summed E-state index contributed by atoms with van der Waals surface area (Å²) in [6.07, 6.45) is 4.53. The second-order valence-electron chi connectivity index (χ2n) is 7.48. The number of benzene rings is 2. The van der Waals surface area contributed by atoms with E-state index in [1.807, 2.05) is 35.2 Å². The Labute approximate surface area is 197 Å². The number of rotatable bonds is 7. The van der Waals surface area contributed by atoms with Crippen LogP contribution in [0.3, 0.4) is 0 Å². The average molecular weight is 487 g/mol. The molecule has 1 aliphatic rings. The highest BCUT2D eigenvalue weighted by atomic mass is 35.5. The molecule has 1 aromatic heterocycles. The van der Waals surface area contributed by atoms with Crippen LogP contribution in [0.2, 0.25) is 5.02 Å². The Hall–Kier alpha value is -3.05. The molecular formula is C22H23ClN6O3S. The smallest absolute Gasteiger partial charge is 0.238 e. The largest absolute Gasteiger partial charge is 0.323 e. The summed E-state index contributed by atoms with van der Waals surface area (Å²) in [6, 6.07) is 14.4. The lowest BCUT2D eigenvalue weighted by atomic mass is 10.2. The molecule has 2 aromatic carbocycles. The van der Waals surface area contributed by atoms with E-state index in [0.717, 1.165) is 5.56 Å². The minimum absolute atomic E-state index is 0.136. The first-order valence-electron chi connectivity index (χ1n) is 10.3. The number of hydrogen-bond donors (Lipinski definition) is 1. The van der Waals surface area contributed by atoms with E-state index in [0.29, 0.717) is 42.6 Å². The van der Waals surface area contributed by atoms with Crippen LogP contribution < -0.4 is 5.32 Å².